The van der Waals surface area contributed by atoms with Crippen LogP contribution in [0.2, 0.25) is 18.1 Å². The van der Waals surface area contributed by atoms with Crippen LogP contribution in [0, 0.1) is 0 Å². The van der Waals surface area contributed by atoms with Crippen LogP contribution in [0.15, 0.2) is 72.8 Å². The van der Waals surface area contributed by atoms with Crippen molar-refractivity contribution >= 4 is 43.5 Å². The average molecular weight is 1310 g/mol. The Balaban J connectivity index is 1.06. The molecule has 3 aromatic rings. The molecule has 0 radical (unpaired) electrons. The fourth-order valence-electron chi connectivity index (χ4n) is 11.1. The van der Waals surface area contributed by atoms with Crippen molar-refractivity contribution in [1.82, 2.24) is 0 Å². The van der Waals surface area contributed by atoms with E-state index in [0.29, 0.717) is 33.8 Å². The van der Waals surface area contributed by atoms with Crippen LogP contribution < -0.4 is 14.7 Å². The second kappa shape index (κ2) is 29.2. The molecule has 0 aromatic heterocycles. The van der Waals surface area contributed by atoms with Gasteiger partial charge >= 0.3 is 26.4 Å². The molecule has 3 saturated carbocycles. The van der Waals surface area contributed by atoms with Gasteiger partial charge in [0.25, 0.3) is 0 Å². The summed E-state index contributed by atoms with van der Waals surface area (Å²) in [6.45, 7) is 0.679. The van der Waals surface area contributed by atoms with Crippen molar-refractivity contribution in [3.8, 4) is 0 Å². The summed E-state index contributed by atoms with van der Waals surface area (Å²) in [4.78, 5) is 71.9. The van der Waals surface area contributed by atoms with Crippen LogP contribution in [0.5, 0.6) is 0 Å². The normalized spacial score (nSPS) is 37.9. The summed E-state index contributed by atoms with van der Waals surface area (Å²) in [5, 5.41) is 219. The first-order chi connectivity index (χ1) is 41.0. The van der Waals surface area contributed by atoms with E-state index in [0.717, 1.165) is 0 Å². The van der Waals surface area contributed by atoms with Crippen LogP contribution in [-0.2, 0) is 32.5 Å². The Hall–Kier alpha value is -3.49. The molecule has 4 aliphatic rings. The summed E-state index contributed by atoms with van der Waals surface area (Å²) in [6.07, 6.45) is -50.0. The minimum absolute atomic E-state index is 0.0279. The molecule has 33 nitrogen and oxygen atoms in total. The zero-order chi connectivity index (χ0) is 65.3. The van der Waals surface area contributed by atoms with Crippen molar-refractivity contribution in [3.05, 3.63) is 89.5 Å². The van der Waals surface area contributed by atoms with E-state index in [1.807, 2.05) is 14.7 Å². The van der Waals surface area contributed by atoms with E-state index in [1.165, 1.54) is 0 Å². The van der Waals surface area contributed by atoms with Gasteiger partial charge in [-0.05, 0) is 72.4 Å². The highest BCUT2D eigenvalue weighted by molar-refractivity contribution is 6.58. The van der Waals surface area contributed by atoms with Gasteiger partial charge in [-0.25, -0.2) is 0 Å². The summed E-state index contributed by atoms with van der Waals surface area (Å²) >= 11 is 0. The second-order valence-corrected chi connectivity index (χ2v) is 29.9. The smallest absolute Gasteiger partial charge is 0.390 e. The maximum absolute atomic E-state index is 11.2. The Kier molecular flexibility index (Phi) is 23.9. The number of hydrogen-bond acceptors (Lipinski definition) is 33. The van der Waals surface area contributed by atoms with Crippen LogP contribution in [0.25, 0.3) is 0 Å². The van der Waals surface area contributed by atoms with E-state index in [9.17, 15) is 136 Å². The summed E-state index contributed by atoms with van der Waals surface area (Å²) in [5.74, 6) is -3.42. The van der Waals surface area contributed by atoms with Gasteiger partial charge < -0.3 is 164 Å². The fourth-order valence-corrected chi connectivity index (χ4v) is 15.4. The quantitative estimate of drug-likeness (QED) is 0.0415. The van der Waals surface area contributed by atoms with Gasteiger partial charge in [-0.1, -0.05) is 36.4 Å². The molecule has 27 N–H and O–H groups in total. The molecule has 88 heavy (non-hydrogen) atoms. The number of hydrogen-bond donors (Lipinski definition) is 27. The molecule has 0 amide bonds. The van der Waals surface area contributed by atoms with Gasteiger partial charge in [0.05, 0.1) is 44.4 Å². The molecule has 3 aliphatic carbocycles. The van der Waals surface area contributed by atoms with Gasteiger partial charge in [-0.3, -0.25) is 0 Å². The van der Waals surface area contributed by atoms with Crippen molar-refractivity contribution in [2.45, 2.75) is 190 Å². The van der Waals surface area contributed by atoms with Crippen molar-refractivity contribution in [2.24, 2.45) is 0 Å². The molecule has 0 spiro atoms. The van der Waals surface area contributed by atoms with Crippen molar-refractivity contribution in [3.63, 3.8) is 0 Å². The maximum Gasteiger partial charge on any atom is 0.498 e. The van der Waals surface area contributed by atoms with Gasteiger partial charge in [0, 0.05) is 48.0 Å². The average Bonchev–Trinajstić information content (AvgIpc) is 1.00. The SMILES string of the molecule is OC1C(O)C(O)[C@H](O)C(O)[C@H](O)C(O[Si](O)(O)CCc2ccc(N3CN(c4ccc(CC[Si](O)(O)OC5CC(O)[C@H](O)C(O)C(O)C(O)C(O)[C@@H]5O)cc4)CN(c4ccc(CC[Si](O)(O)OC5(O)C(O)C(O)[C@@H](O)C(O)C[C@@H](O)[C@H]5O)cc4)C3)cc2)C1O. The number of anilines is 3. The van der Waals surface area contributed by atoms with Crippen LogP contribution in [0.3, 0.4) is 0 Å². The van der Waals surface area contributed by atoms with Crippen LogP contribution >= 0.6 is 0 Å². The summed E-state index contributed by atoms with van der Waals surface area (Å²) in [5.41, 5.74) is 3.49. The highest BCUT2D eigenvalue weighted by atomic mass is 28.4. The maximum atomic E-state index is 11.2. The molecule has 0 bridgehead atoms. The van der Waals surface area contributed by atoms with Crippen LogP contribution in [-0.4, -0.2) is 323 Å². The molecule has 16 unspecified atom stereocenters. The lowest BCUT2D eigenvalue weighted by molar-refractivity contribution is -0.320. The molecule has 1 heterocycles. The van der Waals surface area contributed by atoms with Crippen molar-refractivity contribution in [2.75, 3.05) is 34.7 Å². The van der Waals surface area contributed by atoms with Crippen molar-refractivity contribution in [1.29, 1.82) is 0 Å². The first-order valence-corrected chi connectivity index (χ1v) is 34.2. The van der Waals surface area contributed by atoms with E-state index in [4.69, 9.17) is 13.3 Å². The first-order valence-electron chi connectivity index (χ1n) is 28.2. The Bertz CT molecular complexity index is 2650. The van der Waals surface area contributed by atoms with E-state index < -0.39 is 197 Å². The van der Waals surface area contributed by atoms with E-state index in [1.54, 1.807) is 72.8 Å². The monoisotopic (exact) mass is 1310 g/mol. The van der Waals surface area contributed by atoms with E-state index in [2.05, 4.69) is 0 Å². The minimum Gasteiger partial charge on any atom is -0.390 e. The fraction of sp³-hybridized carbons (Fsp3) is 0.654. The molecule has 4 fully saturated rings. The summed E-state index contributed by atoms with van der Waals surface area (Å²) in [6, 6.07) is 18.8. The number of aliphatic hydroxyl groups is 21. The van der Waals surface area contributed by atoms with E-state index >= 15 is 0 Å². The second-order valence-electron chi connectivity index (χ2n) is 23.3. The third-order valence-corrected chi connectivity index (χ3v) is 21.4. The lowest BCUT2D eigenvalue weighted by Crippen LogP contribution is -2.69. The zero-order valence-electron chi connectivity index (χ0n) is 47.0. The largest absolute Gasteiger partial charge is 0.498 e. The Labute approximate surface area is 505 Å². The lowest BCUT2D eigenvalue weighted by Gasteiger charge is -2.45. The van der Waals surface area contributed by atoms with Crippen molar-refractivity contribution < 1.29 is 149 Å². The standard InChI is InChI=1S/C52H83N3O30Si3/c56-30-19-32(58)50(74)52(76,51(75)48(73)35(30)60)85-88(81,82)18-15-26-5-11-29(12-6-26)55-22-53(27-7-1-24(2-8-27)13-16-86(77,78)83-33-20-31(57)34(59)37(62)39(64)40(65)38(63)36(33)61)21-54(23-55)28-9-3-25(4-10-28)14-17-87(79,80)84-49-46(71)44(69)42(67)41(66)43(68)45(70)47(49)72/h1-12,30-51,56-82H,13-23H2/t30?,31?,32-,33?,34+,35+,36-,37?,38?,39?,40?,41?,42+,43?,44?,45?,46+,47?,48?,49?,50-,51?,52?/m1/s1. The Morgan fingerprint density at radius 3 is 1.03 bits per heavy atom. The predicted molar refractivity (Wildman–Crippen MR) is 303 cm³/mol. The zero-order valence-corrected chi connectivity index (χ0v) is 50.0. The topological polar surface area (TPSA) is 584 Å². The molecule has 498 valence electrons. The Morgan fingerprint density at radius 1 is 0.341 bits per heavy atom. The number of rotatable bonds is 18. The first kappa shape index (κ1) is 71.9. The van der Waals surface area contributed by atoms with Gasteiger partial charge in [0.1, 0.15) is 110 Å². The lowest BCUT2D eigenvalue weighted by atomic mass is 9.84. The minimum atomic E-state index is -5.13. The molecule has 1 aliphatic heterocycles. The highest BCUT2D eigenvalue weighted by Crippen LogP contribution is 2.35. The molecular formula is C52H83N3O30Si3. The molecule has 23 atom stereocenters. The third-order valence-electron chi connectivity index (χ3n) is 16.7. The highest BCUT2D eigenvalue weighted by Gasteiger charge is 2.59. The number of benzene rings is 3. The van der Waals surface area contributed by atoms with Crippen LogP contribution in [0.1, 0.15) is 29.5 Å². The molecule has 3 aromatic carbocycles. The van der Waals surface area contributed by atoms with Gasteiger partial charge in [0.2, 0.25) is 5.79 Å². The summed E-state index contributed by atoms with van der Waals surface area (Å²) < 4.78 is 15.8. The third kappa shape index (κ3) is 16.8. The van der Waals surface area contributed by atoms with Gasteiger partial charge in [0.15, 0.2) is 0 Å². The Morgan fingerprint density at radius 2 is 0.648 bits per heavy atom. The summed E-state index contributed by atoms with van der Waals surface area (Å²) in [7, 11) is -14.9. The van der Waals surface area contributed by atoms with Gasteiger partial charge in [-0.2, -0.15) is 0 Å². The number of nitrogens with zero attached hydrogens (tertiary/aromatic N) is 3. The molecule has 7 rings (SSSR count). The van der Waals surface area contributed by atoms with E-state index in [-0.39, 0.29) is 39.3 Å². The predicted octanol–water partition coefficient (Wildman–Crippen LogP) is -11.7. The number of aliphatic hydroxyl groups excluding tert-OH is 20. The molecular weight excluding hydrogens is 1230 g/mol. The number of aryl methyl sites for hydroxylation is 3. The molecule has 1 saturated heterocycles. The van der Waals surface area contributed by atoms with Gasteiger partial charge in [-0.15, -0.1) is 0 Å². The molecule has 36 heteroatoms. The van der Waals surface area contributed by atoms with Crippen LogP contribution in [0.4, 0.5) is 17.1 Å².